The highest BCUT2D eigenvalue weighted by molar-refractivity contribution is 5.94. The summed E-state index contributed by atoms with van der Waals surface area (Å²) in [6, 6.07) is 6.39. The number of aliphatic hydroxyl groups is 7. The number of benzene rings is 1. The Morgan fingerprint density at radius 1 is 0.909 bits per heavy atom. The zero-order valence-electron chi connectivity index (χ0n) is 17.5. The number of aliphatic hydroxyl groups excluding tert-OH is 7. The molecule has 0 radical (unpaired) electrons. The highest BCUT2D eigenvalue weighted by Gasteiger charge is 2.50. The van der Waals surface area contributed by atoms with E-state index >= 15 is 0 Å². The molecule has 0 aromatic heterocycles. The van der Waals surface area contributed by atoms with Gasteiger partial charge < -0.3 is 55.3 Å². The number of carbonyl (C=O) groups is 1. The number of ether oxygens (including phenoxy) is 3. The lowest BCUT2D eigenvalue weighted by Gasteiger charge is -2.46. The van der Waals surface area contributed by atoms with Crippen molar-refractivity contribution in [2.45, 2.75) is 61.3 Å². The molecule has 0 bridgehead atoms. The quantitative estimate of drug-likeness (QED) is 0.198. The third-order valence-electron chi connectivity index (χ3n) is 5.69. The molecule has 2 saturated heterocycles. The third-order valence-corrected chi connectivity index (χ3v) is 5.69. The Hall–Kier alpha value is -1.97. The Morgan fingerprint density at radius 3 is 2.12 bits per heavy atom. The van der Waals surface area contributed by atoms with E-state index in [1.165, 1.54) is 12.1 Å². The van der Waals surface area contributed by atoms with E-state index in [1.807, 2.05) is 0 Å². The van der Waals surface area contributed by atoms with Crippen molar-refractivity contribution in [3.63, 3.8) is 0 Å². The summed E-state index contributed by atoms with van der Waals surface area (Å²) in [6.45, 7) is 2.23. The number of hydrogen-bond donors (Lipinski definition) is 8. The van der Waals surface area contributed by atoms with Gasteiger partial charge in [0.25, 0.3) is 5.91 Å². The van der Waals surface area contributed by atoms with Gasteiger partial charge in [0.05, 0.1) is 13.2 Å². The van der Waals surface area contributed by atoms with Crippen LogP contribution in [0.3, 0.4) is 0 Å². The molecule has 33 heavy (non-hydrogen) atoms. The molecule has 1 aromatic rings. The molecule has 12 heteroatoms. The Bertz CT molecular complexity index is 802. The van der Waals surface area contributed by atoms with Crippen LogP contribution in [0, 0.1) is 0 Å². The van der Waals surface area contributed by atoms with Gasteiger partial charge in [-0.3, -0.25) is 4.79 Å². The molecule has 10 atom stereocenters. The van der Waals surface area contributed by atoms with Gasteiger partial charge in [-0.2, -0.15) is 0 Å². The molecule has 0 saturated carbocycles. The number of carbonyl (C=O) groups excluding carboxylic acids is 1. The zero-order valence-corrected chi connectivity index (χ0v) is 17.5. The first-order valence-electron chi connectivity index (χ1n) is 10.3. The van der Waals surface area contributed by atoms with Gasteiger partial charge in [-0.05, 0) is 17.7 Å². The van der Waals surface area contributed by atoms with Crippen LogP contribution in [-0.2, 0) is 14.2 Å². The van der Waals surface area contributed by atoms with E-state index in [0.29, 0.717) is 0 Å². The second-order valence-electron chi connectivity index (χ2n) is 7.86. The van der Waals surface area contributed by atoms with Gasteiger partial charge in [-0.15, -0.1) is 0 Å². The molecule has 0 aliphatic carbocycles. The lowest BCUT2D eigenvalue weighted by molar-refractivity contribution is -0.342. The maximum Gasteiger partial charge on any atom is 0.253 e. The zero-order chi connectivity index (χ0) is 24.3. The van der Waals surface area contributed by atoms with Gasteiger partial charge in [-0.25, -0.2) is 0 Å². The molecule has 2 aliphatic heterocycles. The van der Waals surface area contributed by atoms with Crippen molar-refractivity contribution in [2.75, 3.05) is 13.2 Å². The van der Waals surface area contributed by atoms with E-state index < -0.39 is 80.5 Å². The largest absolute Gasteiger partial charge is 0.394 e. The molecule has 1 amide bonds. The number of nitrogens with one attached hydrogen (secondary N) is 1. The Kier molecular flexibility index (Phi) is 8.53. The molecular weight excluding hydrogens is 442 g/mol. The summed E-state index contributed by atoms with van der Waals surface area (Å²) in [5, 5.41) is 72.4. The van der Waals surface area contributed by atoms with Crippen molar-refractivity contribution < 1.29 is 54.8 Å². The van der Waals surface area contributed by atoms with Crippen molar-refractivity contribution in [2.24, 2.45) is 0 Å². The standard InChI is InChI=1S/C21H29NO11/c1-2-9-3-5-10(6-4-9)19(30)22-20-16(28)15(27)18(12(8-24)31-20)33-21-17(29)14(26)13(25)11(7-23)32-21/h2-6,11-18,20-21,23-29H,1,7-8H2,(H,22,30)/t11-,12-,13-,14+,15-,16-,17-,18-,20-,21+/m1/s1. The minimum absolute atomic E-state index is 0.256. The van der Waals surface area contributed by atoms with Gasteiger partial charge >= 0.3 is 0 Å². The van der Waals surface area contributed by atoms with Crippen molar-refractivity contribution in [1.82, 2.24) is 5.32 Å². The lowest BCUT2D eigenvalue weighted by atomic mass is 9.96. The van der Waals surface area contributed by atoms with E-state index in [4.69, 9.17) is 14.2 Å². The van der Waals surface area contributed by atoms with Crippen molar-refractivity contribution >= 4 is 12.0 Å². The first-order valence-corrected chi connectivity index (χ1v) is 10.3. The molecule has 2 fully saturated rings. The van der Waals surface area contributed by atoms with E-state index in [1.54, 1.807) is 18.2 Å². The molecule has 0 unspecified atom stereocenters. The van der Waals surface area contributed by atoms with Gasteiger partial charge in [0.2, 0.25) is 0 Å². The summed E-state index contributed by atoms with van der Waals surface area (Å²) in [6.07, 6.45) is -13.9. The van der Waals surface area contributed by atoms with Crippen LogP contribution < -0.4 is 5.32 Å². The lowest BCUT2D eigenvalue weighted by Crippen LogP contribution is -2.66. The molecule has 2 heterocycles. The molecule has 8 N–H and O–H groups in total. The van der Waals surface area contributed by atoms with Crippen LogP contribution in [0.15, 0.2) is 30.8 Å². The number of amides is 1. The van der Waals surface area contributed by atoms with Crippen molar-refractivity contribution in [3.05, 3.63) is 42.0 Å². The van der Waals surface area contributed by atoms with Crippen LogP contribution in [0.25, 0.3) is 6.08 Å². The van der Waals surface area contributed by atoms with Crippen LogP contribution in [0.1, 0.15) is 15.9 Å². The fourth-order valence-electron chi connectivity index (χ4n) is 3.69. The van der Waals surface area contributed by atoms with Crippen LogP contribution in [0.2, 0.25) is 0 Å². The summed E-state index contributed by atoms with van der Waals surface area (Å²) in [7, 11) is 0. The summed E-state index contributed by atoms with van der Waals surface area (Å²) in [4.78, 5) is 12.5. The normalized spacial score (nSPS) is 39.1. The average molecular weight is 471 g/mol. The molecule has 2 aliphatic rings. The van der Waals surface area contributed by atoms with E-state index in [2.05, 4.69) is 11.9 Å². The van der Waals surface area contributed by atoms with Gasteiger partial charge in [0.1, 0.15) is 48.8 Å². The van der Waals surface area contributed by atoms with E-state index in [-0.39, 0.29) is 5.56 Å². The summed E-state index contributed by atoms with van der Waals surface area (Å²) < 4.78 is 16.2. The van der Waals surface area contributed by atoms with Crippen LogP contribution in [0.4, 0.5) is 0 Å². The molecule has 184 valence electrons. The molecule has 3 rings (SSSR count). The van der Waals surface area contributed by atoms with Crippen molar-refractivity contribution in [3.8, 4) is 0 Å². The Labute approximate surface area is 189 Å². The summed E-state index contributed by atoms with van der Waals surface area (Å²) in [5.74, 6) is -0.605. The van der Waals surface area contributed by atoms with E-state index in [0.717, 1.165) is 5.56 Å². The Balaban J connectivity index is 1.69. The summed E-state index contributed by atoms with van der Waals surface area (Å²) in [5.41, 5.74) is 1.05. The molecule has 0 spiro atoms. The van der Waals surface area contributed by atoms with Gasteiger partial charge in [-0.1, -0.05) is 24.8 Å². The highest BCUT2D eigenvalue weighted by atomic mass is 16.7. The second-order valence-corrected chi connectivity index (χ2v) is 7.86. The number of rotatable bonds is 7. The number of hydrogen-bond acceptors (Lipinski definition) is 11. The predicted octanol–water partition coefficient (Wildman–Crippen LogP) is -3.32. The highest BCUT2D eigenvalue weighted by Crippen LogP contribution is 2.28. The maximum atomic E-state index is 12.5. The van der Waals surface area contributed by atoms with Crippen molar-refractivity contribution in [1.29, 1.82) is 0 Å². The first-order chi connectivity index (χ1) is 15.7. The third kappa shape index (κ3) is 5.41. The van der Waals surface area contributed by atoms with Crippen LogP contribution in [0.5, 0.6) is 0 Å². The minimum Gasteiger partial charge on any atom is -0.394 e. The molecule has 1 aromatic carbocycles. The molecular formula is C21H29NO11. The van der Waals surface area contributed by atoms with Gasteiger partial charge in [0, 0.05) is 5.56 Å². The fourth-order valence-corrected chi connectivity index (χ4v) is 3.69. The molecule has 12 nitrogen and oxygen atoms in total. The topological polar surface area (TPSA) is 198 Å². The average Bonchev–Trinajstić information content (AvgIpc) is 2.83. The first kappa shape index (κ1) is 25.6. The Morgan fingerprint density at radius 2 is 1.55 bits per heavy atom. The minimum atomic E-state index is -1.76. The predicted molar refractivity (Wildman–Crippen MR) is 110 cm³/mol. The van der Waals surface area contributed by atoms with Gasteiger partial charge in [0.15, 0.2) is 12.5 Å². The van der Waals surface area contributed by atoms with Crippen LogP contribution in [-0.4, -0.2) is 116 Å². The van der Waals surface area contributed by atoms with Crippen LogP contribution >= 0.6 is 0 Å². The monoisotopic (exact) mass is 471 g/mol. The summed E-state index contributed by atoms with van der Waals surface area (Å²) >= 11 is 0. The second kappa shape index (κ2) is 11.0. The smallest absolute Gasteiger partial charge is 0.253 e. The SMILES string of the molecule is C=Cc1ccc(C(=O)N[C@@H]2O[C@H](CO)[C@@H](O[C@@H]3O[C@H](CO)[C@@H](O)[C@H](O)[C@H]3O)[C@H](O)[C@H]2O)cc1. The maximum absolute atomic E-state index is 12.5. The fraction of sp³-hybridized carbons (Fsp3) is 0.571. The van der Waals surface area contributed by atoms with E-state index in [9.17, 15) is 40.5 Å².